The molecule has 1 aliphatic rings. The zero-order valence-corrected chi connectivity index (χ0v) is 23.8. The third-order valence-electron chi connectivity index (χ3n) is 7.40. The van der Waals surface area contributed by atoms with Gasteiger partial charge in [0.15, 0.2) is 0 Å². The van der Waals surface area contributed by atoms with Crippen LogP contribution in [0.1, 0.15) is 72.4 Å². The van der Waals surface area contributed by atoms with Gasteiger partial charge < -0.3 is 19.3 Å². The molecule has 2 atom stereocenters. The molecule has 2 amide bonds. The Hall–Kier alpha value is -3.32. The molecule has 0 radical (unpaired) electrons. The molecule has 1 aromatic heterocycles. The first-order chi connectivity index (χ1) is 18.3. The topological polar surface area (TPSA) is 59.1 Å². The third-order valence-corrected chi connectivity index (χ3v) is 8.39. The number of carbonyl (C=O) groups excluding carboxylic acids is 2. The van der Waals surface area contributed by atoms with Gasteiger partial charge in [-0.25, -0.2) is 0 Å². The van der Waals surface area contributed by atoms with Crippen molar-refractivity contribution in [2.24, 2.45) is 0 Å². The highest BCUT2D eigenvalue weighted by Crippen LogP contribution is 2.34. The monoisotopic (exact) mass is 534 g/mol. The summed E-state index contributed by atoms with van der Waals surface area (Å²) in [5, 5.41) is 2.09. The Balaban J connectivity index is 1.52. The van der Waals surface area contributed by atoms with Gasteiger partial charge in [0.1, 0.15) is 24.7 Å². The number of benzene rings is 2. The summed E-state index contributed by atoms with van der Waals surface area (Å²) in [6, 6.07) is 17.0. The number of hydrogen-bond acceptors (Lipinski definition) is 5. The van der Waals surface area contributed by atoms with Gasteiger partial charge in [-0.15, -0.1) is 11.3 Å². The zero-order valence-electron chi connectivity index (χ0n) is 23.0. The van der Waals surface area contributed by atoms with Crippen molar-refractivity contribution < 1.29 is 19.1 Å². The first kappa shape index (κ1) is 27.7. The highest BCUT2D eigenvalue weighted by molar-refractivity contribution is 7.10. The number of amides is 2. The molecule has 6 nitrogen and oxygen atoms in total. The molecule has 0 unspecified atom stereocenters. The first-order valence-electron chi connectivity index (χ1n) is 13.4. The molecule has 4 rings (SSSR count). The van der Waals surface area contributed by atoms with E-state index in [4.69, 9.17) is 9.47 Å². The first-order valence-corrected chi connectivity index (χ1v) is 14.2. The summed E-state index contributed by atoms with van der Waals surface area (Å²) >= 11 is 1.73. The molecule has 0 saturated heterocycles. The lowest BCUT2D eigenvalue weighted by atomic mass is 10.00. The molecule has 0 spiro atoms. The van der Waals surface area contributed by atoms with E-state index >= 15 is 0 Å². The Morgan fingerprint density at radius 1 is 1.03 bits per heavy atom. The minimum absolute atomic E-state index is 0.0267. The van der Waals surface area contributed by atoms with E-state index in [1.54, 1.807) is 47.6 Å². The van der Waals surface area contributed by atoms with E-state index in [1.807, 2.05) is 30.9 Å². The van der Waals surface area contributed by atoms with Gasteiger partial charge >= 0.3 is 0 Å². The van der Waals surface area contributed by atoms with Crippen LogP contribution in [0.2, 0.25) is 0 Å². The van der Waals surface area contributed by atoms with Gasteiger partial charge in [-0.3, -0.25) is 9.59 Å². The molecule has 38 heavy (non-hydrogen) atoms. The van der Waals surface area contributed by atoms with Crippen LogP contribution < -0.4 is 9.47 Å². The minimum atomic E-state index is -0.197. The summed E-state index contributed by atoms with van der Waals surface area (Å²) in [5.74, 6) is 1.72. The fourth-order valence-electron chi connectivity index (χ4n) is 4.78. The van der Waals surface area contributed by atoms with Gasteiger partial charge in [-0.1, -0.05) is 32.9 Å². The van der Waals surface area contributed by atoms with E-state index in [9.17, 15) is 9.59 Å². The molecular formula is C31H38N2O4S. The van der Waals surface area contributed by atoms with Crippen LogP contribution in [0.5, 0.6) is 11.5 Å². The summed E-state index contributed by atoms with van der Waals surface area (Å²) < 4.78 is 11.4. The molecule has 0 saturated carbocycles. The van der Waals surface area contributed by atoms with Crippen LogP contribution in [0.25, 0.3) is 0 Å². The lowest BCUT2D eigenvalue weighted by Gasteiger charge is -2.38. The summed E-state index contributed by atoms with van der Waals surface area (Å²) in [7, 11) is 1.60. The molecule has 202 valence electrons. The molecule has 0 bridgehead atoms. The number of ether oxygens (including phenoxy) is 2. The van der Waals surface area contributed by atoms with Crippen LogP contribution in [-0.4, -0.2) is 54.5 Å². The molecule has 0 N–H and O–H groups in total. The molecule has 2 aromatic carbocycles. The van der Waals surface area contributed by atoms with Crippen molar-refractivity contribution >= 4 is 23.2 Å². The second kappa shape index (κ2) is 12.5. The second-order valence-corrected chi connectivity index (χ2v) is 11.1. The molecule has 7 heteroatoms. The number of rotatable bonds is 10. The largest absolute Gasteiger partial charge is 0.497 e. The fraction of sp³-hybridized carbons (Fsp3) is 0.419. The van der Waals surface area contributed by atoms with Gasteiger partial charge in [0.25, 0.3) is 5.91 Å². The summed E-state index contributed by atoms with van der Waals surface area (Å²) in [6.07, 6.45) is 1.57. The predicted molar refractivity (Wildman–Crippen MR) is 152 cm³/mol. The summed E-state index contributed by atoms with van der Waals surface area (Å²) in [5.41, 5.74) is 2.95. The average molecular weight is 535 g/mol. The standard InChI is InChI=1S/C31H38N2O4S/c1-6-22(4)33(31(35)24-9-11-25(36-5)12-10-24)19-30(34)32-17-15-29-27(16-18-38-29)28(32)20-37-26-13-7-23(8-14-26)21(2)3/h7-14,16,18,21-22,28H,6,15,17,19-20H2,1-5H3/t22-,28-/m1/s1. The SMILES string of the molecule is CC[C@@H](C)N(CC(=O)N1CCc2sccc2[C@H]1COc1ccc(C(C)C)cc1)C(=O)c1ccc(OC)cc1. The van der Waals surface area contributed by atoms with Crippen molar-refractivity contribution in [3.8, 4) is 11.5 Å². The number of methoxy groups -OCH3 is 1. The van der Waals surface area contributed by atoms with E-state index in [-0.39, 0.29) is 30.4 Å². The number of carbonyl (C=O) groups is 2. The van der Waals surface area contributed by atoms with Crippen molar-refractivity contribution in [2.75, 3.05) is 26.8 Å². The maximum absolute atomic E-state index is 13.8. The Labute approximate surface area is 230 Å². The van der Waals surface area contributed by atoms with E-state index in [0.717, 1.165) is 24.2 Å². The lowest BCUT2D eigenvalue weighted by molar-refractivity contribution is -0.136. The number of fused-ring (bicyclic) bond motifs is 1. The predicted octanol–water partition coefficient (Wildman–Crippen LogP) is 6.33. The minimum Gasteiger partial charge on any atom is -0.497 e. The van der Waals surface area contributed by atoms with E-state index in [0.29, 0.717) is 30.4 Å². The van der Waals surface area contributed by atoms with Crippen LogP contribution in [-0.2, 0) is 11.2 Å². The molecule has 1 aliphatic heterocycles. The van der Waals surface area contributed by atoms with Crippen molar-refractivity contribution in [3.63, 3.8) is 0 Å². The van der Waals surface area contributed by atoms with E-state index < -0.39 is 0 Å². The summed E-state index contributed by atoms with van der Waals surface area (Å²) in [6.45, 7) is 9.36. The maximum Gasteiger partial charge on any atom is 0.254 e. The average Bonchev–Trinajstić information content (AvgIpc) is 3.43. The van der Waals surface area contributed by atoms with Crippen LogP contribution in [0.15, 0.2) is 60.0 Å². The van der Waals surface area contributed by atoms with Crippen LogP contribution in [0.4, 0.5) is 0 Å². The number of nitrogens with zero attached hydrogens (tertiary/aromatic N) is 2. The molecule has 0 fully saturated rings. The Morgan fingerprint density at radius 2 is 1.71 bits per heavy atom. The molecule has 2 heterocycles. The van der Waals surface area contributed by atoms with Crippen molar-refractivity contribution in [1.29, 1.82) is 0 Å². The van der Waals surface area contributed by atoms with Crippen molar-refractivity contribution in [3.05, 3.63) is 81.5 Å². The fourth-order valence-corrected chi connectivity index (χ4v) is 5.71. The lowest BCUT2D eigenvalue weighted by Crippen LogP contribution is -2.49. The van der Waals surface area contributed by atoms with E-state index in [2.05, 4.69) is 37.4 Å². The number of thiophene rings is 1. The van der Waals surface area contributed by atoms with Crippen LogP contribution >= 0.6 is 11.3 Å². The third kappa shape index (κ3) is 6.21. The van der Waals surface area contributed by atoms with Crippen LogP contribution in [0, 0.1) is 0 Å². The molecule has 0 aliphatic carbocycles. The van der Waals surface area contributed by atoms with Gasteiger partial charge in [0.05, 0.1) is 13.2 Å². The quantitative estimate of drug-likeness (QED) is 0.305. The van der Waals surface area contributed by atoms with Gasteiger partial charge in [0, 0.05) is 23.0 Å². The van der Waals surface area contributed by atoms with Crippen molar-refractivity contribution in [1.82, 2.24) is 9.80 Å². The van der Waals surface area contributed by atoms with E-state index in [1.165, 1.54) is 10.4 Å². The molecular weight excluding hydrogens is 496 g/mol. The smallest absolute Gasteiger partial charge is 0.254 e. The van der Waals surface area contributed by atoms with Gasteiger partial charge in [0.2, 0.25) is 5.91 Å². The molecule has 3 aromatic rings. The Morgan fingerprint density at radius 3 is 2.34 bits per heavy atom. The van der Waals surface area contributed by atoms with Crippen LogP contribution in [0.3, 0.4) is 0 Å². The maximum atomic E-state index is 13.8. The highest BCUT2D eigenvalue weighted by atomic mass is 32.1. The van der Waals surface area contributed by atoms with Crippen molar-refractivity contribution in [2.45, 2.75) is 58.5 Å². The Kier molecular flexibility index (Phi) is 9.10. The number of hydrogen-bond donors (Lipinski definition) is 0. The van der Waals surface area contributed by atoms with Gasteiger partial charge in [-0.05, 0) is 84.7 Å². The Bertz CT molecular complexity index is 1220. The normalized spacial score (nSPS) is 15.6. The zero-order chi connectivity index (χ0) is 27.2. The second-order valence-electron chi connectivity index (χ2n) is 10.1. The highest BCUT2D eigenvalue weighted by Gasteiger charge is 2.34. The van der Waals surface area contributed by atoms with Gasteiger partial charge in [-0.2, -0.15) is 0 Å². The summed E-state index contributed by atoms with van der Waals surface area (Å²) in [4.78, 5) is 32.2.